The van der Waals surface area contributed by atoms with E-state index in [0.29, 0.717) is 11.3 Å². The van der Waals surface area contributed by atoms with Crippen molar-refractivity contribution in [3.05, 3.63) is 64.2 Å². The Hall–Kier alpha value is -2.70. The molecule has 0 atom stereocenters. The third-order valence-electron chi connectivity index (χ3n) is 3.64. The summed E-state index contributed by atoms with van der Waals surface area (Å²) in [5.74, 6) is -1.18. The minimum absolute atomic E-state index is 0.0292. The zero-order valence-corrected chi connectivity index (χ0v) is 14.7. The quantitative estimate of drug-likeness (QED) is 0.482. The number of rotatable bonds is 2. The molecule has 1 aliphatic rings. The average Bonchev–Trinajstić information content (AvgIpc) is 2.54. The molecule has 25 heavy (non-hydrogen) atoms. The minimum Gasteiger partial charge on any atom is -0.506 e. The van der Waals surface area contributed by atoms with Crippen LogP contribution in [0.25, 0.3) is 6.08 Å². The summed E-state index contributed by atoms with van der Waals surface area (Å²) in [7, 11) is 0. The largest absolute Gasteiger partial charge is 0.506 e. The van der Waals surface area contributed by atoms with Crippen molar-refractivity contribution in [1.29, 1.82) is 0 Å². The van der Waals surface area contributed by atoms with Crippen molar-refractivity contribution in [2.45, 2.75) is 6.92 Å². The molecule has 1 fully saturated rings. The van der Waals surface area contributed by atoms with Crippen LogP contribution in [0.3, 0.4) is 0 Å². The van der Waals surface area contributed by atoms with Crippen LogP contribution in [0.15, 0.2) is 48.0 Å². The van der Waals surface area contributed by atoms with Crippen LogP contribution >= 0.6 is 23.8 Å². The summed E-state index contributed by atoms with van der Waals surface area (Å²) < 4.78 is 0. The van der Waals surface area contributed by atoms with E-state index < -0.39 is 11.8 Å². The predicted octanol–water partition coefficient (Wildman–Crippen LogP) is 3.19. The minimum atomic E-state index is -0.580. The third kappa shape index (κ3) is 3.40. The zero-order chi connectivity index (χ0) is 18.1. The van der Waals surface area contributed by atoms with Crippen LogP contribution in [-0.2, 0) is 9.59 Å². The number of halogens is 1. The van der Waals surface area contributed by atoms with E-state index in [1.54, 1.807) is 24.3 Å². The molecule has 2 amide bonds. The first-order valence-corrected chi connectivity index (χ1v) is 8.12. The number of aromatic hydroxyl groups is 1. The van der Waals surface area contributed by atoms with Gasteiger partial charge in [0, 0.05) is 0 Å². The highest BCUT2D eigenvalue weighted by Crippen LogP contribution is 2.26. The molecule has 2 aromatic rings. The number of hydrogen-bond acceptors (Lipinski definition) is 4. The van der Waals surface area contributed by atoms with Crippen molar-refractivity contribution >= 4 is 52.5 Å². The monoisotopic (exact) mass is 372 g/mol. The number of phenolic OH excluding ortho intramolecular Hbond substituents is 1. The lowest BCUT2D eigenvalue weighted by Crippen LogP contribution is -2.54. The molecule has 126 valence electrons. The average molecular weight is 373 g/mol. The van der Waals surface area contributed by atoms with Gasteiger partial charge >= 0.3 is 0 Å². The molecular weight excluding hydrogens is 360 g/mol. The van der Waals surface area contributed by atoms with Gasteiger partial charge < -0.3 is 5.11 Å². The van der Waals surface area contributed by atoms with Crippen LogP contribution in [0.5, 0.6) is 5.75 Å². The fourth-order valence-corrected chi connectivity index (χ4v) is 2.91. The molecule has 3 rings (SSSR count). The summed E-state index contributed by atoms with van der Waals surface area (Å²) in [6.07, 6.45) is 1.41. The van der Waals surface area contributed by atoms with Gasteiger partial charge in [0.1, 0.15) is 11.3 Å². The Labute approximate surface area is 154 Å². The maximum Gasteiger partial charge on any atom is 0.270 e. The van der Waals surface area contributed by atoms with Crippen molar-refractivity contribution in [2.24, 2.45) is 0 Å². The van der Waals surface area contributed by atoms with Crippen LogP contribution in [0.2, 0.25) is 5.02 Å². The highest BCUT2D eigenvalue weighted by atomic mass is 35.5. The molecule has 1 heterocycles. The van der Waals surface area contributed by atoms with Crippen LogP contribution in [0.4, 0.5) is 5.69 Å². The van der Waals surface area contributed by atoms with Gasteiger partial charge in [-0.25, -0.2) is 0 Å². The number of amides is 2. The molecule has 5 nitrogen and oxygen atoms in total. The second-order valence-electron chi connectivity index (χ2n) is 5.51. The fourth-order valence-electron chi connectivity index (χ4n) is 2.44. The summed E-state index contributed by atoms with van der Waals surface area (Å²) in [4.78, 5) is 26.3. The number of benzene rings is 2. The zero-order valence-electron chi connectivity index (χ0n) is 13.1. The van der Waals surface area contributed by atoms with E-state index in [1.165, 1.54) is 23.1 Å². The Morgan fingerprint density at radius 3 is 2.64 bits per heavy atom. The number of carbonyl (C=O) groups is 2. The van der Waals surface area contributed by atoms with E-state index in [1.807, 2.05) is 13.0 Å². The summed E-state index contributed by atoms with van der Waals surface area (Å²) in [6, 6.07) is 11.7. The van der Waals surface area contributed by atoms with Crippen LogP contribution in [0, 0.1) is 6.92 Å². The van der Waals surface area contributed by atoms with Gasteiger partial charge in [0.15, 0.2) is 5.11 Å². The lowest BCUT2D eigenvalue weighted by Gasteiger charge is -2.29. The highest BCUT2D eigenvalue weighted by Gasteiger charge is 2.34. The van der Waals surface area contributed by atoms with Gasteiger partial charge in [-0.05, 0) is 60.6 Å². The molecule has 1 saturated heterocycles. The molecule has 0 bridgehead atoms. The van der Waals surface area contributed by atoms with E-state index in [-0.39, 0.29) is 21.5 Å². The maximum atomic E-state index is 12.8. The van der Waals surface area contributed by atoms with Gasteiger partial charge in [0.25, 0.3) is 11.8 Å². The van der Waals surface area contributed by atoms with Gasteiger partial charge in [0.2, 0.25) is 0 Å². The number of nitrogens with one attached hydrogen (secondary N) is 1. The van der Waals surface area contributed by atoms with Gasteiger partial charge in [-0.2, -0.15) is 0 Å². The van der Waals surface area contributed by atoms with E-state index >= 15 is 0 Å². The van der Waals surface area contributed by atoms with Crippen molar-refractivity contribution in [3.8, 4) is 5.75 Å². The summed E-state index contributed by atoms with van der Waals surface area (Å²) in [5.41, 5.74) is 1.97. The van der Waals surface area contributed by atoms with E-state index in [2.05, 4.69) is 5.32 Å². The second-order valence-corrected chi connectivity index (χ2v) is 6.30. The van der Waals surface area contributed by atoms with Crippen LogP contribution in [0.1, 0.15) is 11.1 Å². The molecule has 0 radical (unpaired) electrons. The Kier molecular flexibility index (Phi) is 4.57. The first kappa shape index (κ1) is 17.1. The molecule has 2 aromatic carbocycles. The van der Waals surface area contributed by atoms with E-state index in [9.17, 15) is 14.7 Å². The molecule has 1 aliphatic heterocycles. The molecule has 0 aromatic heterocycles. The molecule has 0 aliphatic carbocycles. The number of anilines is 1. The predicted molar refractivity (Wildman–Crippen MR) is 100 cm³/mol. The molecular formula is C18H13ClN2O3S. The number of aryl methyl sites for hydroxylation is 1. The van der Waals surface area contributed by atoms with Crippen molar-refractivity contribution in [1.82, 2.24) is 5.32 Å². The summed E-state index contributed by atoms with van der Waals surface area (Å²) in [6.45, 7) is 1.90. The van der Waals surface area contributed by atoms with E-state index in [4.69, 9.17) is 23.8 Å². The SMILES string of the molecule is Cc1cccc(N2C(=O)/C(=C/c3ccc(O)c(Cl)c3)C(=O)NC2=S)c1. The van der Waals surface area contributed by atoms with E-state index in [0.717, 1.165) is 5.56 Å². The van der Waals surface area contributed by atoms with Gasteiger partial charge in [-0.3, -0.25) is 19.8 Å². The first-order valence-electron chi connectivity index (χ1n) is 7.33. The van der Waals surface area contributed by atoms with Gasteiger partial charge in [0.05, 0.1) is 10.7 Å². The third-order valence-corrected chi connectivity index (χ3v) is 4.23. The number of phenols is 1. The van der Waals surface area contributed by atoms with Crippen molar-refractivity contribution < 1.29 is 14.7 Å². The smallest absolute Gasteiger partial charge is 0.270 e. The Morgan fingerprint density at radius 2 is 1.96 bits per heavy atom. The Balaban J connectivity index is 2.03. The Morgan fingerprint density at radius 1 is 1.20 bits per heavy atom. The Bertz CT molecular complexity index is 940. The molecule has 0 saturated carbocycles. The van der Waals surface area contributed by atoms with Gasteiger partial charge in [-0.1, -0.05) is 29.8 Å². The first-order chi connectivity index (χ1) is 11.9. The molecule has 7 heteroatoms. The highest BCUT2D eigenvalue weighted by molar-refractivity contribution is 7.80. The standard InChI is InChI=1S/C18H13ClN2O3S/c1-10-3-2-4-12(7-10)21-17(24)13(16(23)20-18(21)25)8-11-5-6-15(22)14(19)9-11/h2-9,22H,1H3,(H,20,23,25)/b13-8+. The molecule has 2 N–H and O–H groups in total. The molecule has 0 spiro atoms. The summed E-state index contributed by atoms with van der Waals surface area (Å²) >= 11 is 11.0. The number of thiocarbonyl (C=S) groups is 1. The normalized spacial score (nSPS) is 16.3. The van der Waals surface area contributed by atoms with Crippen molar-refractivity contribution in [2.75, 3.05) is 4.90 Å². The summed E-state index contributed by atoms with van der Waals surface area (Å²) in [5, 5.41) is 12.2. The lowest BCUT2D eigenvalue weighted by atomic mass is 10.1. The fraction of sp³-hybridized carbons (Fsp3) is 0.0556. The van der Waals surface area contributed by atoms with Crippen LogP contribution < -0.4 is 10.2 Å². The van der Waals surface area contributed by atoms with Gasteiger partial charge in [-0.15, -0.1) is 0 Å². The number of hydrogen-bond donors (Lipinski definition) is 2. The number of nitrogens with zero attached hydrogens (tertiary/aromatic N) is 1. The maximum absolute atomic E-state index is 12.8. The second kappa shape index (κ2) is 6.66. The molecule has 0 unspecified atom stereocenters. The van der Waals surface area contributed by atoms with Crippen molar-refractivity contribution in [3.63, 3.8) is 0 Å². The number of carbonyl (C=O) groups excluding carboxylic acids is 2. The topological polar surface area (TPSA) is 69.6 Å². The lowest BCUT2D eigenvalue weighted by molar-refractivity contribution is -0.122. The van der Waals surface area contributed by atoms with Crippen LogP contribution in [-0.4, -0.2) is 22.0 Å².